The summed E-state index contributed by atoms with van der Waals surface area (Å²) in [6.07, 6.45) is -8.32. The van der Waals surface area contributed by atoms with E-state index in [1.807, 2.05) is 20.8 Å². The number of hydrogen-bond donors (Lipinski definition) is 5. The van der Waals surface area contributed by atoms with Crippen LogP contribution in [0.5, 0.6) is 5.75 Å². The minimum absolute atomic E-state index is 0.293. The maximum absolute atomic E-state index is 11.2. The molecule has 1 aromatic rings. The predicted octanol–water partition coefficient (Wildman–Crippen LogP) is 0.314. The fraction of sp³-hybridized carbons (Fsp3) is 0.611. The molecule has 1 fully saturated rings. The summed E-state index contributed by atoms with van der Waals surface area (Å²) < 4.78 is 16.0. The van der Waals surface area contributed by atoms with Gasteiger partial charge in [-0.05, 0) is 38.5 Å². The highest BCUT2D eigenvalue weighted by Crippen LogP contribution is 2.32. The largest absolute Gasteiger partial charge is 0.479 e. The SMILES string of the molecule is COCc1ccc(OC2OC(C(=O)O)C(O)C(O)C2O)c(NC(C)(C)C)c1. The van der Waals surface area contributed by atoms with Crippen molar-refractivity contribution in [1.29, 1.82) is 0 Å². The van der Waals surface area contributed by atoms with Crippen molar-refractivity contribution < 1.29 is 39.4 Å². The minimum atomic E-state index is -1.77. The van der Waals surface area contributed by atoms with Gasteiger partial charge in [-0.25, -0.2) is 4.79 Å². The number of carboxylic acids is 1. The lowest BCUT2D eigenvalue weighted by molar-refractivity contribution is -0.271. The Bertz CT molecular complexity index is 659. The third-order valence-electron chi connectivity index (χ3n) is 3.92. The molecule has 1 aliphatic heterocycles. The second-order valence-electron chi connectivity index (χ2n) is 7.49. The molecule has 1 aliphatic rings. The molecule has 5 N–H and O–H groups in total. The van der Waals surface area contributed by atoms with E-state index < -0.39 is 36.7 Å². The zero-order chi connectivity index (χ0) is 20.4. The first kappa shape index (κ1) is 21.4. The van der Waals surface area contributed by atoms with Crippen LogP contribution in [-0.2, 0) is 20.9 Å². The van der Waals surface area contributed by atoms with Gasteiger partial charge in [0.15, 0.2) is 6.10 Å². The van der Waals surface area contributed by atoms with Crippen LogP contribution in [0.3, 0.4) is 0 Å². The minimum Gasteiger partial charge on any atom is -0.479 e. The molecule has 2 rings (SSSR count). The van der Waals surface area contributed by atoms with Crippen LogP contribution in [0, 0.1) is 0 Å². The number of methoxy groups -OCH3 is 1. The summed E-state index contributed by atoms with van der Waals surface area (Å²) in [4.78, 5) is 11.2. The Morgan fingerprint density at radius 2 is 1.85 bits per heavy atom. The van der Waals surface area contributed by atoms with Gasteiger partial charge in [0, 0.05) is 12.6 Å². The van der Waals surface area contributed by atoms with E-state index in [9.17, 15) is 20.1 Å². The van der Waals surface area contributed by atoms with Crippen molar-refractivity contribution in [3.8, 4) is 5.75 Å². The first-order chi connectivity index (χ1) is 12.5. The number of carbonyl (C=O) groups is 1. The molecule has 5 atom stereocenters. The Morgan fingerprint density at radius 1 is 1.19 bits per heavy atom. The molecule has 0 saturated carbocycles. The summed E-state index contributed by atoms with van der Waals surface area (Å²) in [5.74, 6) is -1.17. The van der Waals surface area contributed by atoms with Crippen LogP contribution in [0.1, 0.15) is 26.3 Å². The summed E-state index contributed by atoms with van der Waals surface area (Å²) in [6.45, 7) is 6.23. The predicted molar refractivity (Wildman–Crippen MR) is 95.5 cm³/mol. The molecule has 0 aliphatic carbocycles. The van der Waals surface area contributed by atoms with Crippen LogP contribution in [0.4, 0.5) is 5.69 Å². The van der Waals surface area contributed by atoms with Gasteiger partial charge in [0.1, 0.15) is 24.1 Å². The highest BCUT2D eigenvalue weighted by molar-refractivity contribution is 5.73. The van der Waals surface area contributed by atoms with Crippen molar-refractivity contribution in [2.75, 3.05) is 12.4 Å². The van der Waals surface area contributed by atoms with E-state index in [2.05, 4.69) is 5.32 Å². The number of rotatable bonds is 6. The van der Waals surface area contributed by atoms with Gasteiger partial charge < -0.3 is 40.0 Å². The quantitative estimate of drug-likeness (QED) is 0.468. The van der Waals surface area contributed by atoms with E-state index in [-0.39, 0.29) is 5.54 Å². The molecule has 0 radical (unpaired) electrons. The summed E-state index contributed by atoms with van der Waals surface area (Å²) in [6, 6.07) is 5.19. The number of carboxylic acid groups (broad SMARTS) is 1. The van der Waals surface area contributed by atoms with Gasteiger partial charge in [0.2, 0.25) is 6.29 Å². The molecule has 9 nitrogen and oxygen atoms in total. The van der Waals surface area contributed by atoms with Gasteiger partial charge in [-0.1, -0.05) is 6.07 Å². The zero-order valence-corrected chi connectivity index (χ0v) is 15.7. The molecular weight excluding hydrogens is 358 g/mol. The monoisotopic (exact) mass is 385 g/mol. The van der Waals surface area contributed by atoms with Crippen molar-refractivity contribution in [2.45, 2.75) is 63.6 Å². The van der Waals surface area contributed by atoms with Crippen molar-refractivity contribution >= 4 is 11.7 Å². The number of aliphatic carboxylic acids is 1. The van der Waals surface area contributed by atoms with Crippen LogP contribution < -0.4 is 10.1 Å². The first-order valence-electron chi connectivity index (χ1n) is 8.52. The van der Waals surface area contributed by atoms with Gasteiger partial charge in [-0.3, -0.25) is 0 Å². The molecule has 0 aromatic heterocycles. The Labute approximate surface area is 157 Å². The van der Waals surface area contributed by atoms with E-state index >= 15 is 0 Å². The second kappa shape index (κ2) is 8.41. The number of aliphatic hydroxyl groups excluding tert-OH is 3. The van der Waals surface area contributed by atoms with E-state index in [0.29, 0.717) is 18.0 Å². The lowest BCUT2D eigenvalue weighted by Crippen LogP contribution is -2.61. The van der Waals surface area contributed by atoms with E-state index in [1.165, 1.54) is 0 Å². The fourth-order valence-corrected chi connectivity index (χ4v) is 2.71. The third-order valence-corrected chi connectivity index (χ3v) is 3.92. The Kier molecular flexibility index (Phi) is 6.66. The highest BCUT2D eigenvalue weighted by Gasteiger charge is 2.48. The first-order valence-corrected chi connectivity index (χ1v) is 8.52. The Balaban J connectivity index is 2.30. The zero-order valence-electron chi connectivity index (χ0n) is 15.7. The molecule has 0 amide bonds. The smallest absolute Gasteiger partial charge is 0.335 e. The summed E-state index contributed by atoms with van der Waals surface area (Å²) >= 11 is 0. The number of ether oxygens (including phenoxy) is 3. The molecular formula is C18H27NO8. The maximum Gasteiger partial charge on any atom is 0.335 e. The molecule has 0 spiro atoms. The van der Waals surface area contributed by atoms with Crippen molar-refractivity contribution in [3.63, 3.8) is 0 Å². The number of nitrogens with one attached hydrogen (secondary N) is 1. The lowest BCUT2D eigenvalue weighted by Gasteiger charge is -2.38. The molecule has 1 heterocycles. The van der Waals surface area contributed by atoms with Crippen LogP contribution in [0.2, 0.25) is 0 Å². The van der Waals surface area contributed by atoms with E-state index in [4.69, 9.17) is 19.3 Å². The number of hydrogen-bond acceptors (Lipinski definition) is 8. The van der Waals surface area contributed by atoms with Crippen LogP contribution in [-0.4, -0.2) is 69.8 Å². The maximum atomic E-state index is 11.2. The van der Waals surface area contributed by atoms with E-state index in [0.717, 1.165) is 5.56 Å². The lowest BCUT2D eigenvalue weighted by atomic mass is 9.99. The summed E-state index contributed by atoms with van der Waals surface area (Å²) in [7, 11) is 1.58. The van der Waals surface area contributed by atoms with Crippen LogP contribution in [0.25, 0.3) is 0 Å². The Hall–Kier alpha value is -1.91. The summed E-state index contributed by atoms with van der Waals surface area (Å²) in [5.41, 5.74) is 1.15. The molecule has 0 bridgehead atoms. The average Bonchev–Trinajstić information content (AvgIpc) is 2.56. The topological polar surface area (TPSA) is 138 Å². The molecule has 1 saturated heterocycles. The van der Waals surface area contributed by atoms with Gasteiger partial charge in [0.05, 0.1) is 12.3 Å². The van der Waals surface area contributed by atoms with Gasteiger partial charge in [-0.15, -0.1) is 0 Å². The van der Waals surface area contributed by atoms with Crippen LogP contribution >= 0.6 is 0 Å². The van der Waals surface area contributed by atoms with Gasteiger partial charge in [-0.2, -0.15) is 0 Å². The fourth-order valence-electron chi connectivity index (χ4n) is 2.71. The molecule has 5 unspecified atom stereocenters. The molecule has 9 heteroatoms. The third kappa shape index (κ3) is 5.30. The molecule has 1 aromatic carbocycles. The molecule has 152 valence electrons. The highest BCUT2D eigenvalue weighted by atomic mass is 16.7. The second-order valence-corrected chi connectivity index (χ2v) is 7.49. The van der Waals surface area contributed by atoms with E-state index in [1.54, 1.807) is 25.3 Å². The standard InChI is InChI=1S/C18H27NO8/c1-18(2,3)19-10-7-9(8-25-4)5-6-11(10)26-17-14(22)12(20)13(21)15(27-17)16(23)24/h5-7,12-15,17,19-22H,8H2,1-4H3,(H,23,24). The van der Waals surface area contributed by atoms with Gasteiger partial charge >= 0.3 is 5.97 Å². The average molecular weight is 385 g/mol. The number of anilines is 1. The number of benzene rings is 1. The Morgan fingerprint density at radius 3 is 2.41 bits per heavy atom. The van der Waals surface area contributed by atoms with Crippen molar-refractivity contribution in [3.05, 3.63) is 23.8 Å². The number of aliphatic hydroxyl groups is 3. The summed E-state index contributed by atoms with van der Waals surface area (Å²) in [5, 5.41) is 42.2. The van der Waals surface area contributed by atoms with Crippen LogP contribution in [0.15, 0.2) is 18.2 Å². The van der Waals surface area contributed by atoms with Crippen molar-refractivity contribution in [1.82, 2.24) is 0 Å². The van der Waals surface area contributed by atoms with Crippen molar-refractivity contribution in [2.24, 2.45) is 0 Å². The normalized spacial score (nSPS) is 28.6. The molecule has 27 heavy (non-hydrogen) atoms. The van der Waals surface area contributed by atoms with Gasteiger partial charge in [0.25, 0.3) is 0 Å².